The molecule has 0 spiro atoms. The molecule has 6 aromatic carbocycles. The van der Waals surface area contributed by atoms with E-state index in [1.54, 1.807) is 0 Å². The van der Waals surface area contributed by atoms with E-state index < -0.39 is 5.60 Å². The molecule has 6 aliphatic rings. The second-order valence-corrected chi connectivity index (χ2v) is 40.2. The zero-order valence-electron chi connectivity index (χ0n) is 77.9. The highest BCUT2D eigenvalue weighted by molar-refractivity contribution is 6.42. The van der Waals surface area contributed by atoms with E-state index in [4.69, 9.17) is 100 Å². The first-order valence-corrected chi connectivity index (χ1v) is 50.5. The molecule has 6 aliphatic heterocycles. The Morgan fingerprint density at radius 3 is 0.964 bits per heavy atom. The normalized spacial score (nSPS) is 16.7. The van der Waals surface area contributed by atoms with Gasteiger partial charge in [-0.2, -0.15) is 0 Å². The second-order valence-electron chi connectivity index (χ2n) is 37.2. The van der Waals surface area contributed by atoms with E-state index >= 15 is 0 Å². The number of nitrogens with one attached hydrogen (secondary N) is 2. The monoisotopic (exact) mass is 1990 g/mol. The Kier molecular flexibility index (Phi) is 30.9. The largest absolute Gasteiger partial charge is 0.444 e. The Labute approximate surface area is 844 Å². The van der Waals surface area contributed by atoms with Crippen molar-refractivity contribution in [2.45, 2.75) is 127 Å². The molecule has 6 fully saturated rings. The van der Waals surface area contributed by atoms with Crippen LogP contribution < -0.4 is 10.6 Å². The van der Waals surface area contributed by atoms with E-state index in [0.717, 1.165) is 187 Å². The van der Waals surface area contributed by atoms with E-state index in [0.29, 0.717) is 59.3 Å². The second kappa shape index (κ2) is 44.6. The van der Waals surface area contributed by atoms with Crippen LogP contribution in [-0.2, 0) is 25.5 Å². The van der Waals surface area contributed by atoms with Gasteiger partial charge in [-0.15, -0.1) is 0 Å². The van der Waals surface area contributed by atoms with Crippen molar-refractivity contribution in [3.8, 4) is 66.8 Å². The number of likely N-dealkylation sites (tertiary alicyclic amines) is 1. The maximum Gasteiger partial charge on any atom is 0.410 e. The standard InChI is InChI=1S/C23H26ClN3O2.C18H17Cl2N3.C18H18ClN3.2C18H17ClN2O.C17H15ClN2O/c1-23(2,3)29-22(28)26-12-9-18(10-13-26)27-15-20(16-4-6-17(24)7-5-16)19-14-25-11-8-21(19)27;19-16-2-1-12(9-17(16)20)15-11-23(13-3-6-21-7-4-13)18-5-8-22-10-14(15)18;19-14-3-1-13(2-4-14)17-12-22(15-5-8-20-9-6-15)18-7-10-21-11-16(17)18;19-14-3-1-13(2-4-14)17-12-21(15-6-9-22-10-7-15)18-5-8-20-11-16(17)18;19-15-3-1-14(2-4-15)17-11-21(10-13-6-8-22-12-13)18-5-7-20-9-16(17)18;18-13-3-1-12(2-4-13)16-10-20(14-6-8-21-11-14)17-5-7-19-9-15(16)17/h4-8,11,14-15,18H,9-10,12-13H2,1-3H3;1-2,5,8-11,13,21H,3-4,6-7H2;1-4,7,10-12,15,20H,5-6,8-9H2;1-5,8,11-12,15H,6-7,9-10H2;1-5,7,9,11,13H,6,8,10,12H2;1-5,7,9-10,14H,6,8,11H2. The van der Waals surface area contributed by atoms with Crippen LogP contribution in [0.4, 0.5) is 4.79 Å². The third-order valence-electron chi connectivity index (χ3n) is 27.1. The van der Waals surface area contributed by atoms with E-state index in [2.05, 4.69) is 190 Å². The smallest absolute Gasteiger partial charge is 0.410 e. The number of hydrogen-bond acceptors (Lipinski definition) is 13. The maximum absolute atomic E-state index is 12.4. The van der Waals surface area contributed by atoms with Gasteiger partial charge in [0.25, 0.3) is 0 Å². The molecule has 0 saturated carbocycles. The fourth-order valence-electron chi connectivity index (χ4n) is 20.0. The Morgan fingerprint density at radius 1 is 0.331 bits per heavy atom. The topological polar surface area (TPSA) is 188 Å². The fourth-order valence-corrected chi connectivity index (χ4v) is 20.9. The molecule has 139 heavy (non-hydrogen) atoms. The van der Waals surface area contributed by atoms with E-state index in [-0.39, 0.29) is 6.09 Å². The van der Waals surface area contributed by atoms with Crippen molar-refractivity contribution in [2.75, 3.05) is 78.9 Å². The van der Waals surface area contributed by atoms with Crippen molar-refractivity contribution in [2.24, 2.45) is 5.92 Å². The number of pyridine rings is 6. The van der Waals surface area contributed by atoms with Crippen molar-refractivity contribution >= 4 is 153 Å². The van der Waals surface area contributed by atoms with E-state index in [9.17, 15) is 4.79 Å². The quantitative estimate of drug-likeness (QED) is 0.111. The van der Waals surface area contributed by atoms with Crippen LogP contribution in [0.5, 0.6) is 0 Å². The number of ether oxygens (including phenoxy) is 4. The molecule has 18 heterocycles. The number of aromatic nitrogens is 12. The van der Waals surface area contributed by atoms with Crippen LogP contribution in [0.3, 0.4) is 0 Å². The molecule has 712 valence electrons. The number of carbonyl (C=O) groups excluding carboxylic acids is 1. The van der Waals surface area contributed by atoms with Gasteiger partial charge in [0.2, 0.25) is 0 Å². The lowest BCUT2D eigenvalue weighted by Gasteiger charge is -2.34. The lowest BCUT2D eigenvalue weighted by Crippen LogP contribution is -2.42. The molecule has 0 radical (unpaired) electrons. The molecule has 18 aromatic rings. The van der Waals surface area contributed by atoms with Crippen LogP contribution in [0.15, 0.2) is 287 Å². The van der Waals surface area contributed by atoms with Gasteiger partial charge >= 0.3 is 6.09 Å². The number of amides is 1. The average Bonchev–Trinajstić information content (AvgIpc) is 1.66. The van der Waals surface area contributed by atoms with E-state index in [1.165, 1.54) is 106 Å². The summed E-state index contributed by atoms with van der Waals surface area (Å²) >= 11 is 42.4. The zero-order chi connectivity index (χ0) is 95.5. The van der Waals surface area contributed by atoms with Crippen LogP contribution in [-0.4, -0.2) is 153 Å². The van der Waals surface area contributed by atoms with Crippen molar-refractivity contribution < 1.29 is 23.7 Å². The average molecular weight is 1990 g/mol. The zero-order valence-corrected chi connectivity index (χ0v) is 83.2. The van der Waals surface area contributed by atoms with Crippen molar-refractivity contribution in [3.63, 3.8) is 0 Å². The summed E-state index contributed by atoms with van der Waals surface area (Å²) < 4.78 is 36.3. The number of fused-ring (bicyclic) bond motifs is 6. The molecular formula is C112H110Cl7N15O5. The van der Waals surface area contributed by atoms with Crippen LogP contribution in [0.25, 0.3) is 132 Å². The molecule has 24 rings (SSSR count). The molecule has 27 heteroatoms. The Hall–Kier alpha value is -11.4. The first-order valence-electron chi connectivity index (χ1n) is 47.9. The number of halogens is 7. The Balaban J connectivity index is 0.000000107. The molecule has 1 amide bonds. The molecule has 0 bridgehead atoms. The van der Waals surface area contributed by atoms with Gasteiger partial charge in [-0.05, 0) is 254 Å². The fraction of sp³-hybridized carbons (Fsp3) is 0.295. The number of nitrogens with zero attached hydrogens (tertiary/aromatic N) is 13. The van der Waals surface area contributed by atoms with Gasteiger partial charge in [-0.1, -0.05) is 148 Å². The number of benzene rings is 6. The molecule has 6 saturated heterocycles. The summed E-state index contributed by atoms with van der Waals surface area (Å²) in [5.74, 6) is 0.599. The Morgan fingerprint density at radius 2 is 0.626 bits per heavy atom. The predicted molar refractivity (Wildman–Crippen MR) is 567 cm³/mol. The number of rotatable bonds is 13. The highest BCUT2D eigenvalue weighted by Crippen LogP contribution is 2.44. The van der Waals surface area contributed by atoms with Gasteiger partial charge in [0.05, 0.1) is 62.4 Å². The third-order valence-corrected chi connectivity index (χ3v) is 29.1. The van der Waals surface area contributed by atoms with Crippen molar-refractivity contribution in [1.82, 2.24) is 72.8 Å². The molecule has 20 nitrogen and oxygen atoms in total. The minimum atomic E-state index is -0.467. The van der Waals surface area contributed by atoms with Gasteiger partial charge in [0.15, 0.2) is 0 Å². The van der Waals surface area contributed by atoms with Gasteiger partial charge in [-0.25, -0.2) is 4.79 Å². The van der Waals surface area contributed by atoms with Gasteiger partial charge in [0.1, 0.15) is 5.60 Å². The lowest BCUT2D eigenvalue weighted by atomic mass is 10.1. The SMILES string of the molecule is CC(C)(C)OC(=O)N1CCC(n2cc(-c3ccc(Cl)cc3)c3cnccc32)CC1.Clc1ccc(-c2cn(C3CCNCC3)c3ccncc23)cc1.Clc1ccc(-c2cn(C3CCNCC3)c3ccncc23)cc1Cl.Clc1ccc(-c2cn(C3CCOC3)c3ccncc23)cc1.Clc1ccc(-c2cn(C3CCOCC3)c3ccncc23)cc1.Clc1ccc(-c2cn(CC3CCOC3)c3ccncc23)cc1. The molecule has 2 N–H and O–H groups in total. The van der Waals surface area contributed by atoms with Crippen molar-refractivity contribution in [3.05, 3.63) is 323 Å². The van der Waals surface area contributed by atoms with Gasteiger partial charge < -0.3 is 61.9 Å². The van der Waals surface area contributed by atoms with Gasteiger partial charge in [0, 0.05) is 279 Å². The minimum Gasteiger partial charge on any atom is -0.444 e. The molecule has 2 atom stereocenters. The summed E-state index contributed by atoms with van der Waals surface area (Å²) in [6.45, 7) is 17.4. The van der Waals surface area contributed by atoms with Crippen LogP contribution in [0, 0.1) is 5.92 Å². The Bertz CT molecular complexity index is 7080. The lowest BCUT2D eigenvalue weighted by molar-refractivity contribution is 0.0189. The molecule has 2 unspecified atom stereocenters. The summed E-state index contributed by atoms with van der Waals surface area (Å²) in [7, 11) is 0. The highest BCUT2D eigenvalue weighted by atomic mass is 35.5. The van der Waals surface area contributed by atoms with Gasteiger partial charge in [-0.3, -0.25) is 29.9 Å². The highest BCUT2D eigenvalue weighted by Gasteiger charge is 2.31. The summed E-state index contributed by atoms with van der Waals surface area (Å²) in [6, 6.07) is 60.6. The summed E-state index contributed by atoms with van der Waals surface area (Å²) in [6.07, 6.45) is 46.8. The van der Waals surface area contributed by atoms with Crippen LogP contribution in [0.1, 0.15) is 115 Å². The molecule has 12 aromatic heterocycles. The maximum atomic E-state index is 12.4. The number of piperidine rings is 3. The molecular weight excluding hydrogens is 1880 g/mol. The molecule has 0 aliphatic carbocycles. The van der Waals surface area contributed by atoms with Crippen molar-refractivity contribution in [1.29, 1.82) is 0 Å². The first-order chi connectivity index (χ1) is 67.8. The predicted octanol–water partition coefficient (Wildman–Crippen LogP) is 28.6. The summed E-state index contributed by atoms with van der Waals surface area (Å²) in [4.78, 5) is 40.0. The first kappa shape index (κ1) is 96.4. The van der Waals surface area contributed by atoms with E-state index in [1.807, 2.05) is 191 Å². The summed E-state index contributed by atoms with van der Waals surface area (Å²) in [5.41, 5.74) is 20.9. The number of carbonyl (C=O) groups is 1. The third kappa shape index (κ3) is 22.6. The number of hydrogen-bond donors (Lipinski definition) is 2. The van der Waals surface area contributed by atoms with Crippen LogP contribution in [0.2, 0.25) is 35.2 Å². The minimum absolute atomic E-state index is 0.223. The van der Waals surface area contributed by atoms with Crippen LogP contribution >= 0.6 is 81.2 Å². The summed E-state index contributed by atoms with van der Waals surface area (Å²) in [5, 5.41) is 18.8.